The third-order valence-electron chi connectivity index (χ3n) is 5.81. The van der Waals surface area contributed by atoms with Crippen LogP contribution in [0.2, 0.25) is 0 Å². The van der Waals surface area contributed by atoms with Gasteiger partial charge in [0.1, 0.15) is 0 Å². The third-order valence-corrected chi connectivity index (χ3v) is 8.47. The molecular formula is C17H22N2O3S2. The molecule has 1 aromatic heterocycles. The second kappa shape index (κ2) is 5.76. The van der Waals surface area contributed by atoms with Crippen LogP contribution < -0.4 is 0 Å². The Morgan fingerprint density at radius 3 is 2.88 bits per heavy atom. The van der Waals surface area contributed by atoms with E-state index in [0.29, 0.717) is 11.5 Å². The molecule has 5 nitrogen and oxygen atoms in total. The Kier molecular flexibility index (Phi) is 3.95. The van der Waals surface area contributed by atoms with Crippen LogP contribution in [0.3, 0.4) is 0 Å². The van der Waals surface area contributed by atoms with Gasteiger partial charge >= 0.3 is 0 Å². The van der Waals surface area contributed by atoms with Crippen molar-refractivity contribution in [3.05, 3.63) is 23.7 Å². The molecule has 24 heavy (non-hydrogen) atoms. The van der Waals surface area contributed by atoms with Gasteiger partial charge in [-0.05, 0) is 44.4 Å². The number of hydrogen-bond donors (Lipinski definition) is 0. The number of sulfonamides is 1. The number of benzene rings is 1. The van der Waals surface area contributed by atoms with Crippen molar-refractivity contribution >= 4 is 31.6 Å². The summed E-state index contributed by atoms with van der Waals surface area (Å²) in [7, 11) is -1.78. The fourth-order valence-electron chi connectivity index (χ4n) is 4.24. The quantitative estimate of drug-likeness (QED) is 0.815. The Labute approximate surface area is 146 Å². The molecule has 2 saturated carbocycles. The molecule has 1 heterocycles. The van der Waals surface area contributed by atoms with E-state index in [-0.39, 0.29) is 17.6 Å². The summed E-state index contributed by atoms with van der Waals surface area (Å²) in [6.07, 6.45) is 4.31. The van der Waals surface area contributed by atoms with Crippen LogP contribution in [-0.2, 0) is 14.8 Å². The zero-order chi connectivity index (χ0) is 16.9. The Balaban J connectivity index is 1.62. The molecule has 7 heteroatoms. The van der Waals surface area contributed by atoms with E-state index < -0.39 is 10.0 Å². The van der Waals surface area contributed by atoms with E-state index in [1.54, 1.807) is 35.1 Å². The van der Waals surface area contributed by atoms with E-state index in [1.165, 1.54) is 17.8 Å². The zero-order valence-corrected chi connectivity index (χ0v) is 15.6. The van der Waals surface area contributed by atoms with Crippen molar-refractivity contribution in [1.29, 1.82) is 0 Å². The molecule has 0 aliphatic heterocycles. The molecule has 2 fully saturated rings. The summed E-state index contributed by atoms with van der Waals surface area (Å²) in [6, 6.07) is 5.24. The van der Waals surface area contributed by atoms with Gasteiger partial charge in [-0.15, -0.1) is 11.3 Å². The first-order valence-corrected chi connectivity index (χ1v) is 10.7. The number of thiazole rings is 1. The lowest BCUT2D eigenvalue weighted by molar-refractivity contribution is -0.187. The van der Waals surface area contributed by atoms with Crippen LogP contribution in [0.15, 0.2) is 28.6 Å². The molecule has 0 saturated heterocycles. The molecule has 2 aliphatic rings. The van der Waals surface area contributed by atoms with E-state index >= 15 is 0 Å². The van der Waals surface area contributed by atoms with Gasteiger partial charge < -0.3 is 4.74 Å². The Bertz CT molecular complexity index is 858. The van der Waals surface area contributed by atoms with Crippen molar-refractivity contribution < 1.29 is 13.2 Å². The van der Waals surface area contributed by atoms with E-state index in [0.717, 1.165) is 29.5 Å². The van der Waals surface area contributed by atoms with Crippen LogP contribution in [0.1, 0.15) is 32.6 Å². The minimum atomic E-state index is -3.50. The smallest absolute Gasteiger partial charge is 0.243 e. The van der Waals surface area contributed by atoms with Gasteiger partial charge in [0, 0.05) is 25.1 Å². The number of hydrogen-bond acceptors (Lipinski definition) is 5. The summed E-state index contributed by atoms with van der Waals surface area (Å²) in [4.78, 5) is 4.58. The van der Waals surface area contributed by atoms with Crippen LogP contribution in [0.25, 0.3) is 10.2 Å². The first-order valence-electron chi connectivity index (χ1n) is 8.42. The van der Waals surface area contributed by atoms with Gasteiger partial charge in [0.15, 0.2) is 0 Å². The normalized spacial score (nSPS) is 25.8. The molecule has 0 radical (unpaired) electrons. The van der Waals surface area contributed by atoms with Crippen molar-refractivity contribution in [2.24, 2.45) is 5.41 Å². The molecule has 1 aromatic carbocycles. The fraction of sp³-hybridized carbons (Fsp3) is 0.588. The molecule has 0 amide bonds. The lowest BCUT2D eigenvalue weighted by atomic mass is 9.51. The lowest BCUT2D eigenvalue weighted by Gasteiger charge is -2.62. The standard InChI is InChI=1S/C17H22N2O3S2/c1-3-22-16-10-15(17(16)7-4-8-17)19(2)24(20,21)12-5-6-13-14(9-12)23-11-18-13/h5-6,9,11,15-16H,3-4,7-8,10H2,1-2H3. The molecule has 2 atom stereocenters. The topological polar surface area (TPSA) is 59.5 Å². The highest BCUT2D eigenvalue weighted by molar-refractivity contribution is 7.89. The largest absolute Gasteiger partial charge is 0.378 e. The highest BCUT2D eigenvalue weighted by atomic mass is 32.2. The summed E-state index contributed by atoms with van der Waals surface area (Å²) in [6.45, 7) is 2.70. The Hall–Kier alpha value is -1.02. The van der Waals surface area contributed by atoms with Gasteiger partial charge in [0.25, 0.3) is 0 Å². The number of ether oxygens (including phenoxy) is 1. The predicted molar refractivity (Wildman–Crippen MR) is 94.7 cm³/mol. The van der Waals surface area contributed by atoms with Crippen molar-refractivity contribution in [2.45, 2.75) is 49.6 Å². The monoisotopic (exact) mass is 366 g/mol. The summed E-state index contributed by atoms with van der Waals surface area (Å²) in [5.74, 6) is 0. The summed E-state index contributed by atoms with van der Waals surface area (Å²) >= 11 is 1.47. The number of nitrogens with zero attached hydrogens (tertiary/aromatic N) is 2. The first-order chi connectivity index (χ1) is 11.5. The highest BCUT2D eigenvalue weighted by Gasteiger charge is 2.61. The van der Waals surface area contributed by atoms with Gasteiger partial charge in [-0.1, -0.05) is 6.42 Å². The molecule has 0 bridgehead atoms. The summed E-state index contributed by atoms with van der Waals surface area (Å²) in [5.41, 5.74) is 2.62. The zero-order valence-electron chi connectivity index (χ0n) is 13.9. The first kappa shape index (κ1) is 16.4. The second-order valence-corrected chi connectivity index (χ2v) is 9.67. The summed E-state index contributed by atoms with van der Waals surface area (Å²) in [5, 5.41) is 0. The molecule has 0 N–H and O–H groups in total. The minimum absolute atomic E-state index is 0.0341. The van der Waals surface area contributed by atoms with Crippen LogP contribution in [0, 0.1) is 5.41 Å². The van der Waals surface area contributed by atoms with Gasteiger partial charge in [-0.25, -0.2) is 13.4 Å². The maximum atomic E-state index is 13.1. The molecule has 1 spiro atoms. The number of fused-ring (bicyclic) bond motifs is 1. The average Bonchev–Trinajstić information content (AvgIpc) is 2.96. The maximum Gasteiger partial charge on any atom is 0.243 e. The van der Waals surface area contributed by atoms with E-state index in [4.69, 9.17) is 4.74 Å². The fourth-order valence-corrected chi connectivity index (χ4v) is 6.50. The van der Waals surface area contributed by atoms with Crippen LogP contribution in [0.5, 0.6) is 0 Å². The molecular weight excluding hydrogens is 344 g/mol. The van der Waals surface area contributed by atoms with E-state index in [9.17, 15) is 8.42 Å². The minimum Gasteiger partial charge on any atom is -0.378 e. The SMILES string of the molecule is CCOC1CC(N(C)S(=O)(=O)c2ccc3ncsc3c2)C12CCC2. The van der Waals surface area contributed by atoms with Gasteiger partial charge in [0.2, 0.25) is 10.0 Å². The molecule has 2 aromatic rings. The predicted octanol–water partition coefficient (Wildman–Crippen LogP) is 3.26. The number of aromatic nitrogens is 1. The van der Waals surface area contributed by atoms with Crippen molar-refractivity contribution in [3.8, 4) is 0 Å². The van der Waals surface area contributed by atoms with Gasteiger partial charge in [0.05, 0.1) is 26.7 Å². The second-order valence-electron chi connectivity index (χ2n) is 6.79. The Morgan fingerprint density at radius 2 is 2.21 bits per heavy atom. The Morgan fingerprint density at radius 1 is 1.42 bits per heavy atom. The van der Waals surface area contributed by atoms with Gasteiger partial charge in [-0.2, -0.15) is 4.31 Å². The average molecular weight is 367 g/mol. The van der Waals surface area contributed by atoms with Crippen molar-refractivity contribution in [3.63, 3.8) is 0 Å². The summed E-state index contributed by atoms with van der Waals surface area (Å²) < 4.78 is 34.5. The third kappa shape index (κ3) is 2.25. The van der Waals surface area contributed by atoms with Crippen LogP contribution in [-0.4, -0.2) is 43.5 Å². The highest BCUT2D eigenvalue weighted by Crippen LogP contribution is 2.59. The maximum absolute atomic E-state index is 13.1. The van der Waals surface area contributed by atoms with Crippen molar-refractivity contribution in [2.75, 3.05) is 13.7 Å². The molecule has 2 unspecified atom stereocenters. The van der Waals surface area contributed by atoms with Crippen molar-refractivity contribution in [1.82, 2.24) is 9.29 Å². The van der Waals surface area contributed by atoms with Gasteiger partial charge in [-0.3, -0.25) is 0 Å². The van der Waals surface area contributed by atoms with E-state index in [1.807, 2.05) is 6.92 Å². The number of rotatable bonds is 5. The molecule has 130 valence electrons. The van der Waals surface area contributed by atoms with Crippen LogP contribution >= 0.6 is 11.3 Å². The lowest BCUT2D eigenvalue weighted by Crippen LogP contribution is -2.67. The molecule has 2 aliphatic carbocycles. The van der Waals surface area contributed by atoms with Crippen LogP contribution in [0.4, 0.5) is 0 Å². The van der Waals surface area contributed by atoms with E-state index in [2.05, 4.69) is 4.98 Å². The molecule has 4 rings (SSSR count).